The summed E-state index contributed by atoms with van der Waals surface area (Å²) in [6.45, 7) is 4.57. The number of carboxylic acid groups (broad SMARTS) is 1. The average Bonchev–Trinajstić information content (AvgIpc) is 3.13. The highest BCUT2D eigenvalue weighted by Gasteiger charge is 2.14. The smallest absolute Gasteiger partial charge is 0.371 e. The lowest BCUT2D eigenvalue weighted by molar-refractivity contribution is 0.0658. The highest BCUT2D eigenvalue weighted by Crippen LogP contribution is 2.18. The molecule has 0 spiro atoms. The molecule has 0 saturated carbocycles. The van der Waals surface area contributed by atoms with Gasteiger partial charge in [0.25, 0.3) is 0 Å². The summed E-state index contributed by atoms with van der Waals surface area (Å²) in [7, 11) is 0. The maximum atomic E-state index is 11.0. The van der Waals surface area contributed by atoms with Gasteiger partial charge in [0.15, 0.2) is 0 Å². The van der Waals surface area contributed by atoms with Crippen LogP contribution >= 0.6 is 0 Å². The third-order valence-electron chi connectivity index (χ3n) is 4.14. The molecule has 5 heteroatoms. The van der Waals surface area contributed by atoms with Gasteiger partial charge in [-0.05, 0) is 42.3 Å². The highest BCUT2D eigenvalue weighted by molar-refractivity contribution is 5.84. The summed E-state index contributed by atoms with van der Waals surface area (Å²) >= 11 is 0. The van der Waals surface area contributed by atoms with Crippen LogP contribution in [0.1, 0.15) is 34.4 Å². The minimum absolute atomic E-state index is 0.0364. The van der Waals surface area contributed by atoms with Crippen molar-refractivity contribution in [2.75, 3.05) is 6.61 Å². The van der Waals surface area contributed by atoms with E-state index in [0.29, 0.717) is 25.5 Å². The Balaban J connectivity index is 1.74. The molecule has 0 radical (unpaired) electrons. The van der Waals surface area contributed by atoms with E-state index in [9.17, 15) is 4.79 Å². The van der Waals surface area contributed by atoms with E-state index in [2.05, 4.69) is 17.0 Å². The van der Waals surface area contributed by atoms with Crippen molar-refractivity contribution in [1.82, 2.24) is 4.90 Å². The molecule has 2 aromatic carbocycles. The fourth-order valence-corrected chi connectivity index (χ4v) is 2.92. The molecule has 0 saturated heterocycles. The molecular weight excluding hydrogens is 342 g/mol. The molecule has 0 atom stereocenters. The van der Waals surface area contributed by atoms with Crippen LogP contribution in [0.5, 0.6) is 5.75 Å². The quantitative estimate of drug-likeness (QED) is 0.601. The molecule has 0 aliphatic rings. The van der Waals surface area contributed by atoms with Crippen molar-refractivity contribution in [2.45, 2.75) is 26.6 Å². The van der Waals surface area contributed by atoms with E-state index in [1.807, 2.05) is 49.4 Å². The molecule has 27 heavy (non-hydrogen) atoms. The lowest BCUT2D eigenvalue weighted by atomic mass is 10.1. The Morgan fingerprint density at radius 1 is 0.926 bits per heavy atom. The van der Waals surface area contributed by atoms with E-state index in [0.717, 1.165) is 17.9 Å². The second-order valence-electron chi connectivity index (χ2n) is 6.28. The van der Waals surface area contributed by atoms with Gasteiger partial charge in [0.05, 0.1) is 13.2 Å². The molecule has 0 amide bonds. The summed E-state index contributed by atoms with van der Waals surface area (Å²) in [5.74, 6) is 0.398. The van der Waals surface area contributed by atoms with Gasteiger partial charge in [-0.25, -0.2) is 4.79 Å². The number of nitrogens with zero attached hydrogens (tertiary/aromatic N) is 1. The molecule has 0 fully saturated rings. The Bertz CT molecular complexity index is 856. The van der Waals surface area contributed by atoms with Crippen LogP contribution < -0.4 is 4.74 Å². The van der Waals surface area contributed by atoms with Crippen LogP contribution in [-0.2, 0) is 19.6 Å². The van der Waals surface area contributed by atoms with Crippen LogP contribution in [-0.4, -0.2) is 22.6 Å². The monoisotopic (exact) mass is 365 g/mol. The fraction of sp³-hybridized carbons (Fsp3) is 0.227. The van der Waals surface area contributed by atoms with E-state index in [1.54, 1.807) is 6.07 Å². The van der Waals surface area contributed by atoms with Gasteiger partial charge in [-0.2, -0.15) is 0 Å². The van der Waals surface area contributed by atoms with Crippen molar-refractivity contribution in [3.05, 3.63) is 89.4 Å². The number of benzene rings is 2. The molecular formula is C22H23NO4. The number of aromatic carboxylic acids is 1. The molecule has 1 aromatic heterocycles. The molecule has 0 aliphatic heterocycles. The van der Waals surface area contributed by atoms with Gasteiger partial charge >= 0.3 is 5.97 Å². The van der Waals surface area contributed by atoms with Gasteiger partial charge in [0, 0.05) is 13.1 Å². The first-order valence-corrected chi connectivity index (χ1v) is 8.94. The lowest BCUT2D eigenvalue weighted by Gasteiger charge is -2.21. The third kappa shape index (κ3) is 5.46. The average molecular weight is 365 g/mol. The number of furan rings is 1. The van der Waals surface area contributed by atoms with Crippen molar-refractivity contribution >= 4 is 5.97 Å². The molecule has 3 aromatic rings. The second kappa shape index (κ2) is 9.05. The summed E-state index contributed by atoms with van der Waals surface area (Å²) in [4.78, 5) is 13.3. The van der Waals surface area contributed by atoms with Crippen molar-refractivity contribution in [1.29, 1.82) is 0 Å². The number of hydrogen-bond donors (Lipinski definition) is 1. The van der Waals surface area contributed by atoms with Gasteiger partial charge in [-0.3, -0.25) is 4.90 Å². The predicted octanol–water partition coefficient (Wildman–Crippen LogP) is 4.58. The van der Waals surface area contributed by atoms with Crippen LogP contribution in [0.15, 0.2) is 71.1 Å². The molecule has 5 nitrogen and oxygen atoms in total. The van der Waals surface area contributed by atoms with E-state index in [4.69, 9.17) is 14.3 Å². The lowest BCUT2D eigenvalue weighted by Crippen LogP contribution is -2.22. The highest BCUT2D eigenvalue weighted by atomic mass is 16.5. The van der Waals surface area contributed by atoms with E-state index in [1.165, 1.54) is 11.6 Å². The standard InChI is InChI=1S/C22H23NO4/c1-2-26-19-10-8-18(9-11-19)15-23(14-17-6-4-3-5-7-17)16-20-12-13-21(27-20)22(24)25/h3-13H,2,14-16H2,1H3,(H,24,25). The Morgan fingerprint density at radius 3 is 2.19 bits per heavy atom. The Kier molecular flexibility index (Phi) is 6.28. The number of hydrogen-bond acceptors (Lipinski definition) is 4. The van der Waals surface area contributed by atoms with Gasteiger partial charge in [-0.15, -0.1) is 0 Å². The predicted molar refractivity (Wildman–Crippen MR) is 103 cm³/mol. The van der Waals surface area contributed by atoms with Crippen LogP contribution in [0.2, 0.25) is 0 Å². The number of carboxylic acids is 1. The largest absolute Gasteiger partial charge is 0.494 e. The molecule has 1 N–H and O–H groups in total. The summed E-state index contributed by atoms with van der Waals surface area (Å²) < 4.78 is 10.9. The number of ether oxygens (including phenoxy) is 1. The maximum Gasteiger partial charge on any atom is 0.371 e. The number of rotatable bonds is 9. The Labute approximate surface area is 158 Å². The molecule has 0 aliphatic carbocycles. The van der Waals surface area contributed by atoms with Crippen molar-refractivity contribution < 1.29 is 19.1 Å². The van der Waals surface area contributed by atoms with Crippen LogP contribution in [0.25, 0.3) is 0 Å². The first kappa shape index (κ1) is 18.7. The van der Waals surface area contributed by atoms with Gasteiger partial charge in [0.1, 0.15) is 11.5 Å². The number of carbonyl (C=O) groups is 1. The van der Waals surface area contributed by atoms with Gasteiger partial charge in [-0.1, -0.05) is 42.5 Å². The van der Waals surface area contributed by atoms with Crippen LogP contribution in [0.3, 0.4) is 0 Å². The Hall–Kier alpha value is -3.05. The van der Waals surface area contributed by atoms with Crippen molar-refractivity contribution in [3.63, 3.8) is 0 Å². The second-order valence-corrected chi connectivity index (χ2v) is 6.28. The molecule has 0 unspecified atom stereocenters. The SMILES string of the molecule is CCOc1ccc(CN(Cc2ccccc2)Cc2ccc(C(=O)O)o2)cc1. The first-order valence-electron chi connectivity index (χ1n) is 8.94. The van der Waals surface area contributed by atoms with Crippen LogP contribution in [0.4, 0.5) is 0 Å². The zero-order chi connectivity index (χ0) is 19.1. The normalized spacial score (nSPS) is 10.9. The van der Waals surface area contributed by atoms with E-state index < -0.39 is 5.97 Å². The molecule has 1 heterocycles. The van der Waals surface area contributed by atoms with Crippen LogP contribution in [0, 0.1) is 0 Å². The van der Waals surface area contributed by atoms with Crippen molar-refractivity contribution in [3.8, 4) is 5.75 Å². The van der Waals surface area contributed by atoms with Gasteiger partial charge < -0.3 is 14.3 Å². The zero-order valence-corrected chi connectivity index (χ0v) is 15.3. The zero-order valence-electron chi connectivity index (χ0n) is 15.3. The molecule has 3 rings (SSSR count). The maximum absolute atomic E-state index is 11.0. The summed E-state index contributed by atoms with van der Waals surface area (Å²) in [6.07, 6.45) is 0. The van der Waals surface area contributed by atoms with Gasteiger partial charge in [0.2, 0.25) is 5.76 Å². The fourth-order valence-electron chi connectivity index (χ4n) is 2.92. The minimum atomic E-state index is -1.05. The summed E-state index contributed by atoms with van der Waals surface area (Å²) in [5, 5.41) is 9.05. The van der Waals surface area contributed by atoms with Crippen molar-refractivity contribution in [2.24, 2.45) is 0 Å². The minimum Gasteiger partial charge on any atom is -0.494 e. The van der Waals surface area contributed by atoms with E-state index >= 15 is 0 Å². The van der Waals surface area contributed by atoms with E-state index in [-0.39, 0.29) is 5.76 Å². The topological polar surface area (TPSA) is 62.9 Å². The summed E-state index contributed by atoms with van der Waals surface area (Å²) in [5.41, 5.74) is 2.34. The molecule has 0 bridgehead atoms. The Morgan fingerprint density at radius 2 is 1.59 bits per heavy atom. The first-order chi connectivity index (χ1) is 13.1. The summed E-state index contributed by atoms with van der Waals surface area (Å²) in [6, 6.07) is 21.4. The third-order valence-corrected chi connectivity index (χ3v) is 4.14. The molecule has 140 valence electrons.